The Kier molecular flexibility index (Phi) is 4.19. The van der Waals surface area contributed by atoms with E-state index in [4.69, 9.17) is 15.2 Å². The van der Waals surface area contributed by atoms with Gasteiger partial charge in [-0.3, -0.25) is 0 Å². The zero-order valence-electron chi connectivity index (χ0n) is 11.4. The van der Waals surface area contributed by atoms with Crippen LogP contribution in [0.2, 0.25) is 0 Å². The van der Waals surface area contributed by atoms with Crippen LogP contribution in [0.15, 0.2) is 24.5 Å². The molecule has 0 aliphatic heterocycles. The van der Waals surface area contributed by atoms with E-state index in [1.165, 1.54) is 13.4 Å². The molecule has 0 bridgehead atoms. The van der Waals surface area contributed by atoms with Crippen LogP contribution < -0.4 is 10.5 Å². The van der Waals surface area contributed by atoms with E-state index in [1.807, 2.05) is 6.92 Å². The first-order chi connectivity index (χ1) is 9.65. The van der Waals surface area contributed by atoms with Crippen molar-refractivity contribution in [2.75, 3.05) is 12.8 Å². The average Bonchev–Trinajstić information content (AvgIpc) is 2.92. The normalized spacial score (nSPS) is 10.3. The number of carbonyl (C=O) groups excluding carboxylic acids is 1. The van der Waals surface area contributed by atoms with Crippen LogP contribution in [0, 0.1) is 0 Å². The third-order valence-corrected chi connectivity index (χ3v) is 2.80. The van der Waals surface area contributed by atoms with Crippen LogP contribution in [-0.4, -0.2) is 27.8 Å². The molecule has 2 aromatic rings. The number of benzene rings is 1. The number of esters is 1. The molecule has 0 atom stereocenters. The maximum Gasteiger partial charge on any atom is 0.338 e. The number of nitrogens with zero attached hydrogens (tertiary/aromatic N) is 3. The van der Waals surface area contributed by atoms with E-state index in [0.717, 1.165) is 0 Å². The summed E-state index contributed by atoms with van der Waals surface area (Å²) in [4.78, 5) is 16.0. The minimum absolute atomic E-state index is 0.0688. The molecule has 1 aromatic heterocycles. The molecule has 7 nitrogen and oxygen atoms in total. The number of ether oxygens (including phenoxy) is 2. The fourth-order valence-electron chi connectivity index (χ4n) is 1.72. The summed E-state index contributed by atoms with van der Waals surface area (Å²) in [6.07, 6.45) is 1.43. The topological polar surface area (TPSA) is 92.3 Å². The molecule has 0 spiro atoms. The Balaban J connectivity index is 2.05. The monoisotopic (exact) mass is 276 g/mol. The van der Waals surface area contributed by atoms with Gasteiger partial charge in [-0.05, 0) is 25.1 Å². The molecule has 0 fully saturated rings. The van der Waals surface area contributed by atoms with Crippen LogP contribution in [0.1, 0.15) is 23.1 Å². The summed E-state index contributed by atoms with van der Waals surface area (Å²) in [6, 6.07) is 4.73. The van der Waals surface area contributed by atoms with E-state index >= 15 is 0 Å². The van der Waals surface area contributed by atoms with Crippen molar-refractivity contribution in [1.82, 2.24) is 14.8 Å². The first-order valence-electron chi connectivity index (χ1n) is 6.13. The molecule has 1 aromatic carbocycles. The molecule has 2 N–H and O–H groups in total. The van der Waals surface area contributed by atoms with Crippen LogP contribution in [0.4, 0.5) is 5.69 Å². The largest absolute Gasteiger partial charge is 0.495 e. The second-order valence-electron chi connectivity index (χ2n) is 4.02. The van der Waals surface area contributed by atoms with E-state index < -0.39 is 5.97 Å². The van der Waals surface area contributed by atoms with Crippen LogP contribution in [0.25, 0.3) is 0 Å². The number of nitrogen functional groups attached to an aromatic ring is 1. The fraction of sp³-hybridized carbons (Fsp3) is 0.308. The van der Waals surface area contributed by atoms with Crippen LogP contribution >= 0.6 is 0 Å². The maximum absolute atomic E-state index is 11.9. The number of hydrogen-bond donors (Lipinski definition) is 1. The van der Waals surface area contributed by atoms with Gasteiger partial charge in [0, 0.05) is 6.54 Å². The van der Waals surface area contributed by atoms with Crippen molar-refractivity contribution < 1.29 is 14.3 Å². The lowest BCUT2D eigenvalue weighted by Crippen LogP contribution is -2.10. The third-order valence-electron chi connectivity index (χ3n) is 2.80. The summed E-state index contributed by atoms with van der Waals surface area (Å²) in [5, 5.41) is 4.00. The van der Waals surface area contributed by atoms with E-state index in [9.17, 15) is 4.79 Å². The Morgan fingerprint density at radius 2 is 2.25 bits per heavy atom. The third kappa shape index (κ3) is 2.87. The number of aryl methyl sites for hydroxylation is 1. The highest BCUT2D eigenvalue weighted by Crippen LogP contribution is 2.22. The first-order valence-corrected chi connectivity index (χ1v) is 6.13. The summed E-state index contributed by atoms with van der Waals surface area (Å²) in [5.74, 6) is 0.577. The van der Waals surface area contributed by atoms with Gasteiger partial charge in [-0.1, -0.05) is 0 Å². The Morgan fingerprint density at radius 1 is 1.45 bits per heavy atom. The van der Waals surface area contributed by atoms with Crippen molar-refractivity contribution in [2.24, 2.45) is 0 Å². The van der Waals surface area contributed by atoms with Gasteiger partial charge in [0.05, 0.1) is 18.4 Å². The molecule has 7 heteroatoms. The van der Waals surface area contributed by atoms with Gasteiger partial charge in [-0.25, -0.2) is 14.5 Å². The Morgan fingerprint density at radius 3 is 2.95 bits per heavy atom. The van der Waals surface area contributed by atoms with Gasteiger partial charge in [0.15, 0.2) is 12.4 Å². The lowest BCUT2D eigenvalue weighted by molar-refractivity contribution is 0.0456. The zero-order valence-corrected chi connectivity index (χ0v) is 11.4. The lowest BCUT2D eigenvalue weighted by Gasteiger charge is -2.08. The van der Waals surface area contributed by atoms with E-state index in [2.05, 4.69) is 10.1 Å². The molecule has 106 valence electrons. The molecule has 0 saturated heterocycles. The predicted molar refractivity (Wildman–Crippen MR) is 72.2 cm³/mol. The Bertz CT molecular complexity index is 609. The lowest BCUT2D eigenvalue weighted by atomic mass is 10.2. The van der Waals surface area contributed by atoms with Crippen molar-refractivity contribution in [3.8, 4) is 5.75 Å². The Hall–Kier alpha value is -2.57. The summed E-state index contributed by atoms with van der Waals surface area (Å²) >= 11 is 0. The van der Waals surface area contributed by atoms with Crippen LogP contribution in [-0.2, 0) is 17.9 Å². The Labute approximate surface area is 116 Å². The minimum atomic E-state index is -0.464. The quantitative estimate of drug-likeness (QED) is 0.652. The smallest absolute Gasteiger partial charge is 0.338 e. The molecule has 0 unspecified atom stereocenters. The maximum atomic E-state index is 11.9. The molecule has 2 rings (SSSR count). The van der Waals surface area contributed by atoms with Gasteiger partial charge in [-0.15, -0.1) is 0 Å². The predicted octanol–water partition coefficient (Wildman–Crippen LogP) is 1.25. The van der Waals surface area contributed by atoms with E-state index in [0.29, 0.717) is 29.4 Å². The molecule has 0 amide bonds. The van der Waals surface area contributed by atoms with Crippen molar-refractivity contribution >= 4 is 11.7 Å². The minimum Gasteiger partial charge on any atom is -0.495 e. The SMILES string of the molecule is CCn1ncnc1COC(=O)c1ccc(N)c(OC)c1. The van der Waals surface area contributed by atoms with Gasteiger partial charge in [0.25, 0.3) is 0 Å². The second-order valence-corrected chi connectivity index (χ2v) is 4.02. The summed E-state index contributed by atoms with van der Waals surface area (Å²) in [6.45, 7) is 2.67. The summed E-state index contributed by atoms with van der Waals surface area (Å²) in [5.41, 5.74) is 6.53. The number of methoxy groups -OCH3 is 1. The molecule has 1 heterocycles. The highest BCUT2D eigenvalue weighted by atomic mass is 16.5. The number of nitrogens with two attached hydrogens (primary N) is 1. The summed E-state index contributed by atoms with van der Waals surface area (Å²) in [7, 11) is 1.49. The molecular formula is C13H16N4O3. The van der Waals surface area contributed by atoms with E-state index in [-0.39, 0.29) is 6.61 Å². The number of hydrogen-bond acceptors (Lipinski definition) is 6. The molecule has 0 aliphatic carbocycles. The van der Waals surface area contributed by atoms with Gasteiger partial charge >= 0.3 is 5.97 Å². The van der Waals surface area contributed by atoms with Gasteiger partial charge in [0.1, 0.15) is 12.1 Å². The molecule has 20 heavy (non-hydrogen) atoms. The van der Waals surface area contributed by atoms with E-state index in [1.54, 1.807) is 22.9 Å². The van der Waals surface area contributed by atoms with Crippen LogP contribution in [0.5, 0.6) is 5.75 Å². The average molecular weight is 276 g/mol. The standard InChI is InChI=1S/C13H16N4O3/c1-3-17-12(15-8-16-17)7-20-13(18)9-4-5-10(14)11(6-9)19-2/h4-6,8H,3,7,14H2,1-2H3. The zero-order chi connectivity index (χ0) is 14.5. The van der Waals surface area contributed by atoms with Gasteiger partial charge in [0.2, 0.25) is 0 Å². The van der Waals surface area contributed by atoms with Crippen LogP contribution in [0.3, 0.4) is 0 Å². The number of rotatable bonds is 5. The molecule has 0 saturated carbocycles. The highest BCUT2D eigenvalue weighted by molar-refractivity contribution is 5.90. The van der Waals surface area contributed by atoms with Gasteiger partial charge < -0.3 is 15.2 Å². The number of aromatic nitrogens is 3. The second kappa shape index (κ2) is 6.05. The number of anilines is 1. The molecule has 0 radical (unpaired) electrons. The fourth-order valence-corrected chi connectivity index (χ4v) is 1.72. The molecular weight excluding hydrogens is 260 g/mol. The number of carbonyl (C=O) groups is 1. The molecule has 0 aliphatic rings. The van der Waals surface area contributed by atoms with Crippen molar-refractivity contribution in [3.63, 3.8) is 0 Å². The first kappa shape index (κ1) is 13.9. The van der Waals surface area contributed by atoms with Crippen molar-refractivity contribution in [3.05, 3.63) is 35.9 Å². The highest BCUT2D eigenvalue weighted by Gasteiger charge is 2.12. The van der Waals surface area contributed by atoms with Gasteiger partial charge in [-0.2, -0.15) is 5.10 Å². The van der Waals surface area contributed by atoms with Crippen molar-refractivity contribution in [2.45, 2.75) is 20.1 Å². The summed E-state index contributed by atoms with van der Waals surface area (Å²) < 4.78 is 11.9. The van der Waals surface area contributed by atoms with Crippen molar-refractivity contribution in [1.29, 1.82) is 0 Å².